The molecule has 0 aromatic heterocycles. The van der Waals surface area contributed by atoms with E-state index in [2.05, 4.69) is 4.74 Å². The van der Waals surface area contributed by atoms with E-state index in [0.29, 0.717) is 0 Å². The second-order valence-electron chi connectivity index (χ2n) is 3.20. The van der Waals surface area contributed by atoms with Crippen molar-refractivity contribution in [2.75, 3.05) is 6.61 Å². The third-order valence-corrected chi connectivity index (χ3v) is 1.31. The van der Waals surface area contributed by atoms with Crippen molar-refractivity contribution in [1.29, 1.82) is 0 Å². The van der Waals surface area contributed by atoms with Gasteiger partial charge in [0.05, 0.1) is 5.92 Å². The number of carbonyl (C=O) groups is 2. The number of hydrogen-bond acceptors (Lipinski definition) is 4. The van der Waals surface area contributed by atoms with Crippen LogP contribution in [0.3, 0.4) is 0 Å². The molecule has 0 aliphatic carbocycles. The van der Waals surface area contributed by atoms with Crippen LogP contribution in [0, 0.1) is 5.92 Å². The fraction of sp³-hybridized carbons (Fsp3) is 0.778. The van der Waals surface area contributed by atoms with E-state index in [1.54, 1.807) is 20.8 Å². The molecule has 0 aromatic rings. The van der Waals surface area contributed by atoms with Crippen molar-refractivity contribution in [1.82, 2.24) is 0 Å². The zero-order valence-electron chi connectivity index (χ0n) is 8.49. The predicted octanol–water partition coefficient (Wildman–Crippen LogP) is 1.14. The molecule has 0 aliphatic heterocycles. The van der Waals surface area contributed by atoms with E-state index in [1.807, 2.05) is 0 Å². The van der Waals surface area contributed by atoms with Gasteiger partial charge in [-0.1, -0.05) is 13.8 Å². The van der Waals surface area contributed by atoms with Crippen LogP contribution >= 0.6 is 0 Å². The highest BCUT2D eigenvalue weighted by molar-refractivity contribution is 5.71. The SMILES string of the molecule is CC(=O)OCC(C)OC(=O)C(C)C. The summed E-state index contributed by atoms with van der Waals surface area (Å²) >= 11 is 0. The van der Waals surface area contributed by atoms with E-state index in [4.69, 9.17) is 4.74 Å². The van der Waals surface area contributed by atoms with Gasteiger partial charge in [0, 0.05) is 6.92 Å². The smallest absolute Gasteiger partial charge is 0.308 e. The first kappa shape index (κ1) is 11.9. The molecule has 0 fully saturated rings. The van der Waals surface area contributed by atoms with Gasteiger partial charge >= 0.3 is 11.9 Å². The van der Waals surface area contributed by atoms with Crippen molar-refractivity contribution >= 4 is 11.9 Å². The van der Waals surface area contributed by atoms with E-state index in [0.717, 1.165) is 0 Å². The van der Waals surface area contributed by atoms with Crippen LogP contribution in [-0.4, -0.2) is 24.6 Å². The molecule has 1 atom stereocenters. The first-order valence-electron chi connectivity index (χ1n) is 4.27. The lowest BCUT2D eigenvalue weighted by atomic mass is 10.2. The fourth-order valence-electron chi connectivity index (χ4n) is 0.603. The van der Waals surface area contributed by atoms with E-state index in [1.165, 1.54) is 6.92 Å². The summed E-state index contributed by atoms with van der Waals surface area (Å²) in [6.07, 6.45) is -0.376. The molecule has 0 saturated heterocycles. The topological polar surface area (TPSA) is 52.6 Å². The Morgan fingerprint density at radius 1 is 1.23 bits per heavy atom. The largest absolute Gasteiger partial charge is 0.462 e. The van der Waals surface area contributed by atoms with Crippen LogP contribution in [0.1, 0.15) is 27.7 Å². The van der Waals surface area contributed by atoms with Crippen LogP contribution in [0.2, 0.25) is 0 Å². The van der Waals surface area contributed by atoms with Gasteiger partial charge in [0.25, 0.3) is 0 Å². The molecule has 0 saturated carbocycles. The summed E-state index contributed by atoms with van der Waals surface area (Å²) in [5.41, 5.74) is 0. The van der Waals surface area contributed by atoms with Crippen LogP contribution in [0.15, 0.2) is 0 Å². The van der Waals surface area contributed by atoms with Crippen LogP contribution < -0.4 is 0 Å². The van der Waals surface area contributed by atoms with Gasteiger partial charge in [-0.15, -0.1) is 0 Å². The van der Waals surface area contributed by atoms with E-state index in [9.17, 15) is 9.59 Å². The molecule has 0 aromatic carbocycles. The highest BCUT2D eigenvalue weighted by atomic mass is 16.6. The summed E-state index contributed by atoms with van der Waals surface area (Å²) in [7, 11) is 0. The first-order valence-corrected chi connectivity index (χ1v) is 4.27. The Labute approximate surface area is 78.2 Å². The molecule has 13 heavy (non-hydrogen) atoms. The Bertz CT molecular complexity index is 186. The van der Waals surface area contributed by atoms with Gasteiger partial charge in [0.15, 0.2) is 0 Å². The quantitative estimate of drug-likeness (QED) is 0.621. The van der Waals surface area contributed by atoms with Gasteiger partial charge in [-0.2, -0.15) is 0 Å². The van der Waals surface area contributed by atoms with E-state index >= 15 is 0 Å². The molecule has 0 spiro atoms. The zero-order chi connectivity index (χ0) is 10.4. The van der Waals surface area contributed by atoms with Crippen LogP contribution in [-0.2, 0) is 19.1 Å². The Hall–Kier alpha value is -1.06. The van der Waals surface area contributed by atoms with E-state index in [-0.39, 0.29) is 30.6 Å². The highest BCUT2D eigenvalue weighted by Crippen LogP contribution is 2.00. The first-order chi connectivity index (χ1) is 5.93. The third kappa shape index (κ3) is 6.13. The van der Waals surface area contributed by atoms with Crippen LogP contribution in [0.4, 0.5) is 0 Å². The Morgan fingerprint density at radius 3 is 2.15 bits per heavy atom. The summed E-state index contributed by atoms with van der Waals surface area (Å²) in [6, 6.07) is 0. The molecule has 0 rings (SSSR count). The lowest BCUT2D eigenvalue weighted by Gasteiger charge is -2.14. The van der Waals surface area contributed by atoms with Crippen molar-refractivity contribution in [3.63, 3.8) is 0 Å². The zero-order valence-corrected chi connectivity index (χ0v) is 8.49. The van der Waals surface area contributed by atoms with Crippen molar-refractivity contribution in [2.24, 2.45) is 5.92 Å². The standard InChI is InChI=1S/C9H16O4/c1-6(2)9(11)13-7(3)5-12-8(4)10/h6-7H,5H2,1-4H3. The van der Waals surface area contributed by atoms with Gasteiger partial charge in [-0.25, -0.2) is 0 Å². The van der Waals surface area contributed by atoms with E-state index < -0.39 is 0 Å². The molecule has 0 aliphatic rings. The molecule has 0 amide bonds. The maximum Gasteiger partial charge on any atom is 0.308 e. The van der Waals surface area contributed by atoms with Gasteiger partial charge < -0.3 is 9.47 Å². The van der Waals surface area contributed by atoms with Gasteiger partial charge in [0.1, 0.15) is 12.7 Å². The van der Waals surface area contributed by atoms with Crippen molar-refractivity contribution in [3.8, 4) is 0 Å². The summed E-state index contributed by atoms with van der Waals surface area (Å²) in [4.78, 5) is 21.4. The van der Waals surface area contributed by atoms with Crippen molar-refractivity contribution in [3.05, 3.63) is 0 Å². The lowest BCUT2D eigenvalue weighted by molar-refractivity contribution is -0.159. The average molecular weight is 188 g/mol. The molecule has 4 nitrogen and oxygen atoms in total. The minimum atomic E-state index is -0.376. The predicted molar refractivity (Wildman–Crippen MR) is 47.0 cm³/mol. The summed E-state index contributed by atoms with van der Waals surface area (Å²) < 4.78 is 9.61. The summed E-state index contributed by atoms with van der Waals surface area (Å²) in [6.45, 7) is 6.62. The Kier molecular flexibility index (Phi) is 5.11. The number of carbonyl (C=O) groups excluding carboxylic acids is 2. The maximum atomic E-state index is 11.0. The monoisotopic (exact) mass is 188 g/mol. The third-order valence-electron chi connectivity index (χ3n) is 1.31. The molecular weight excluding hydrogens is 172 g/mol. The lowest BCUT2D eigenvalue weighted by Crippen LogP contribution is -2.24. The average Bonchev–Trinajstić information content (AvgIpc) is 2.00. The molecule has 0 radical (unpaired) electrons. The number of ether oxygens (including phenoxy) is 2. The minimum Gasteiger partial charge on any atom is -0.462 e. The molecule has 0 bridgehead atoms. The fourth-order valence-corrected chi connectivity index (χ4v) is 0.603. The Balaban J connectivity index is 3.68. The highest BCUT2D eigenvalue weighted by Gasteiger charge is 2.13. The van der Waals surface area contributed by atoms with Gasteiger partial charge in [0.2, 0.25) is 0 Å². The second kappa shape index (κ2) is 5.56. The summed E-state index contributed by atoms with van der Waals surface area (Å²) in [5, 5.41) is 0. The van der Waals surface area contributed by atoms with Crippen LogP contribution in [0.5, 0.6) is 0 Å². The van der Waals surface area contributed by atoms with Crippen molar-refractivity contribution < 1.29 is 19.1 Å². The van der Waals surface area contributed by atoms with Gasteiger partial charge in [-0.3, -0.25) is 9.59 Å². The minimum absolute atomic E-state index is 0.119. The maximum absolute atomic E-state index is 11.0. The molecule has 76 valence electrons. The number of esters is 2. The number of rotatable bonds is 4. The molecule has 0 N–H and O–H groups in total. The Morgan fingerprint density at radius 2 is 1.77 bits per heavy atom. The summed E-state index contributed by atoms with van der Waals surface area (Å²) in [5.74, 6) is -0.799. The number of hydrogen-bond donors (Lipinski definition) is 0. The normalized spacial score (nSPS) is 12.4. The van der Waals surface area contributed by atoms with Crippen LogP contribution in [0.25, 0.3) is 0 Å². The van der Waals surface area contributed by atoms with Crippen molar-refractivity contribution in [2.45, 2.75) is 33.8 Å². The molecule has 1 unspecified atom stereocenters. The van der Waals surface area contributed by atoms with Gasteiger partial charge in [-0.05, 0) is 6.92 Å². The second-order valence-corrected chi connectivity index (χ2v) is 3.20. The molecule has 4 heteroatoms. The molecular formula is C9H16O4. The molecule has 0 heterocycles.